The number of rotatable bonds is 5. The van der Waals surface area contributed by atoms with Gasteiger partial charge in [0.2, 0.25) is 10.0 Å². The van der Waals surface area contributed by atoms with Crippen molar-refractivity contribution >= 4 is 16.1 Å². The number of nitrogens with one attached hydrogen (secondary N) is 1. The van der Waals surface area contributed by atoms with E-state index < -0.39 is 10.0 Å². The Bertz CT molecular complexity index is 942. The van der Waals surface area contributed by atoms with Crippen molar-refractivity contribution in [3.63, 3.8) is 0 Å². The maximum absolute atomic E-state index is 13.3. The summed E-state index contributed by atoms with van der Waals surface area (Å²) < 4.78 is 33.6. The van der Waals surface area contributed by atoms with Crippen molar-refractivity contribution in [1.82, 2.24) is 9.62 Å². The lowest BCUT2D eigenvalue weighted by Crippen LogP contribution is -2.73. The Morgan fingerprint density at radius 2 is 1.74 bits per heavy atom. The molecule has 27 heavy (non-hydrogen) atoms. The monoisotopic (exact) mass is 384 g/mol. The third-order valence-corrected chi connectivity index (χ3v) is 7.48. The first kappa shape index (κ1) is 18.2. The van der Waals surface area contributed by atoms with Crippen molar-refractivity contribution in [2.75, 3.05) is 20.2 Å². The summed E-state index contributed by atoms with van der Waals surface area (Å²) in [5, 5.41) is 3.35. The molecule has 2 aliphatic heterocycles. The predicted octanol–water partition coefficient (Wildman–Crippen LogP) is 2.86. The van der Waals surface area contributed by atoms with Crippen LogP contribution in [0.25, 0.3) is 6.08 Å². The third kappa shape index (κ3) is 2.98. The van der Waals surface area contributed by atoms with Crippen LogP contribution in [0.3, 0.4) is 0 Å². The van der Waals surface area contributed by atoms with Crippen LogP contribution >= 0.6 is 0 Å². The molecule has 6 heteroatoms. The zero-order valence-corrected chi connectivity index (χ0v) is 16.3. The van der Waals surface area contributed by atoms with Gasteiger partial charge < -0.3 is 10.1 Å². The van der Waals surface area contributed by atoms with Crippen molar-refractivity contribution in [3.05, 3.63) is 65.7 Å². The van der Waals surface area contributed by atoms with Gasteiger partial charge in [-0.1, -0.05) is 48.6 Å². The van der Waals surface area contributed by atoms with Crippen molar-refractivity contribution in [2.45, 2.75) is 29.8 Å². The molecule has 0 amide bonds. The van der Waals surface area contributed by atoms with Gasteiger partial charge in [-0.3, -0.25) is 0 Å². The highest BCUT2D eigenvalue weighted by molar-refractivity contribution is 7.89. The molecule has 2 fully saturated rings. The largest absolute Gasteiger partial charge is 0.495 e. The van der Waals surface area contributed by atoms with Crippen LogP contribution < -0.4 is 10.1 Å². The predicted molar refractivity (Wildman–Crippen MR) is 106 cm³/mol. The van der Waals surface area contributed by atoms with Crippen molar-refractivity contribution in [2.24, 2.45) is 0 Å². The number of benzene rings is 2. The zero-order valence-electron chi connectivity index (χ0n) is 15.5. The maximum atomic E-state index is 13.3. The number of hydrogen-bond donors (Lipinski definition) is 1. The minimum Gasteiger partial charge on any atom is -0.495 e. The molecule has 0 spiro atoms. The van der Waals surface area contributed by atoms with E-state index in [1.165, 1.54) is 12.7 Å². The summed E-state index contributed by atoms with van der Waals surface area (Å²) in [5.41, 5.74) is 2.36. The second-order valence-electron chi connectivity index (χ2n) is 6.97. The molecule has 142 valence electrons. The van der Waals surface area contributed by atoms with Crippen LogP contribution in [0.2, 0.25) is 0 Å². The number of hydrogen-bond acceptors (Lipinski definition) is 4. The van der Waals surface area contributed by atoms with Crippen LogP contribution in [0.4, 0.5) is 0 Å². The number of para-hydroxylation sites is 1. The van der Waals surface area contributed by atoms with E-state index in [0.717, 1.165) is 5.56 Å². The van der Waals surface area contributed by atoms with Gasteiger partial charge in [-0.25, -0.2) is 8.42 Å². The topological polar surface area (TPSA) is 58.6 Å². The first-order valence-electron chi connectivity index (χ1n) is 9.18. The van der Waals surface area contributed by atoms with Crippen LogP contribution in [-0.4, -0.2) is 45.0 Å². The van der Waals surface area contributed by atoms with E-state index in [0.29, 0.717) is 18.8 Å². The molecular weight excluding hydrogens is 360 g/mol. The molecule has 2 aromatic carbocycles. The van der Waals surface area contributed by atoms with Crippen LogP contribution in [0.15, 0.2) is 59.5 Å². The molecule has 0 radical (unpaired) electrons. The highest BCUT2D eigenvalue weighted by Gasteiger charge is 2.57. The van der Waals surface area contributed by atoms with Crippen molar-refractivity contribution < 1.29 is 13.2 Å². The number of sulfonamides is 1. The minimum absolute atomic E-state index is 0.0776. The van der Waals surface area contributed by atoms with Gasteiger partial charge in [0.05, 0.1) is 7.11 Å². The lowest BCUT2D eigenvalue weighted by atomic mass is 9.75. The molecule has 3 atom stereocenters. The van der Waals surface area contributed by atoms with Gasteiger partial charge in [0.15, 0.2) is 0 Å². The molecule has 2 aliphatic rings. The van der Waals surface area contributed by atoms with E-state index in [-0.39, 0.29) is 22.9 Å². The molecule has 0 aromatic heterocycles. The molecule has 0 saturated carbocycles. The zero-order chi connectivity index (χ0) is 19.0. The molecule has 1 N–H and O–H groups in total. The van der Waals surface area contributed by atoms with Crippen LogP contribution in [-0.2, 0) is 10.0 Å². The number of piperidine rings is 1. The molecular formula is C21H24N2O3S. The Morgan fingerprint density at radius 3 is 2.37 bits per heavy atom. The lowest BCUT2D eigenvalue weighted by Gasteiger charge is -2.57. The summed E-state index contributed by atoms with van der Waals surface area (Å²) in [4.78, 5) is 0.242. The lowest BCUT2D eigenvalue weighted by molar-refractivity contribution is 0.0369. The average molecular weight is 385 g/mol. The number of nitrogens with zero attached hydrogens (tertiary/aromatic N) is 1. The maximum Gasteiger partial charge on any atom is 0.247 e. The minimum atomic E-state index is -3.60. The summed E-state index contributed by atoms with van der Waals surface area (Å²) in [6, 6.07) is 15.1. The van der Waals surface area contributed by atoms with Gasteiger partial charge in [-0.05, 0) is 30.2 Å². The quantitative estimate of drug-likeness (QED) is 0.861. The molecule has 2 aromatic rings. The molecule has 4 rings (SSSR count). The van der Waals surface area contributed by atoms with Gasteiger partial charge >= 0.3 is 0 Å². The van der Waals surface area contributed by atoms with Crippen LogP contribution in [0.1, 0.15) is 24.0 Å². The highest BCUT2D eigenvalue weighted by Crippen LogP contribution is 2.46. The second kappa shape index (κ2) is 7.11. The molecule has 2 bridgehead atoms. The number of ether oxygens (including phenoxy) is 1. The SMILES string of the molecule is C/C=C/c1ccc(C2[C@H]3CNC[C@@H]2N3S(=O)(=O)c2ccccc2OC)cc1. The fourth-order valence-electron chi connectivity index (χ4n) is 4.30. The average Bonchev–Trinajstić information content (AvgIpc) is 2.70. The molecule has 2 heterocycles. The first-order valence-corrected chi connectivity index (χ1v) is 10.6. The summed E-state index contributed by atoms with van der Waals surface area (Å²) in [6.45, 7) is 3.31. The normalized spacial score (nSPS) is 25.3. The Morgan fingerprint density at radius 1 is 1.07 bits per heavy atom. The van der Waals surface area contributed by atoms with Gasteiger partial charge in [-0.15, -0.1) is 0 Å². The van der Waals surface area contributed by atoms with Gasteiger partial charge in [0.25, 0.3) is 0 Å². The van der Waals surface area contributed by atoms with Gasteiger partial charge in [0.1, 0.15) is 10.6 Å². The first-order chi connectivity index (χ1) is 13.1. The van der Waals surface area contributed by atoms with E-state index in [1.54, 1.807) is 28.6 Å². The van der Waals surface area contributed by atoms with E-state index in [9.17, 15) is 8.42 Å². The number of piperazine rings is 1. The smallest absolute Gasteiger partial charge is 0.247 e. The van der Waals surface area contributed by atoms with Crippen LogP contribution in [0.5, 0.6) is 5.75 Å². The highest BCUT2D eigenvalue weighted by atomic mass is 32.2. The second-order valence-corrected chi connectivity index (χ2v) is 8.78. The number of fused-ring (bicyclic) bond motifs is 2. The fraction of sp³-hybridized carbons (Fsp3) is 0.333. The number of methoxy groups -OCH3 is 1. The van der Waals surface area contributed by atoms with Crippen molar-refractivity contribution in [3.8, 4) is 5.75 Å². The van der Waals surface area contributed by atoms with E-state index in [1.807, 2.05) is 13.0 Å². The van der Waals surface area contributed by atoms with Crippen molar-refractivity contribution in [1.29, 1.82) is 0 Å². The molecule has 0 aliphatic carbocycles. The Hall–Kier alpha value is -2.15. The number of allylic oxidation sites excluding steroid dienone is 1. The molecule has 1 unspecified atom stereocenters. The van der Waals surface area contributed by atoms with E-state index >= 15 is 0 Å². The summed E-state index contributed by atoms with van der Waals surface area (Å²) >= 11 is 0. The van der Waals surface area contributed by atoms with Gasteiger partial charge in [0, 0.05) is 31.1 Å². The summed E-state index contributed by atoms with van der Waals surface area (Å²) in [7, 11) is -2.10. The Kier molecular flexibility index (Phi) is 4.80. The standard InChI is InChI=1S/C21H24N2O3S/c1-3-6-15-9-11-16(12-10-15)21-17-13-22-14-18(21)23(17)27(24,25)20-8-5-4-7-19(20)26-2/h3-12,17-18,21-22H,13-14H2,1-2H3/b6-3+/t17-,18+,21?. The Labute approximate surface area is 160 Å². The fourth-order valence-corrected chi connectivity index (χ4v) is 6.31. The molecule has 2 saturated heterocycles. The summed E-state index contributed by atoms with van der Waals surface area (Å²) in [5.74, 6) is 0.609. The Balaban J connectivity index is 1.65. The van der Waals surface area contributed by atoms with E-state index in [2.05, 4.69) is 35.7 Å². The third-order valence-electron chi connectivity index (χ3n) is 5.49. The molecule has 5 nitrogen and oxygen atoms in total. The summed E-state index contributed by atoms with van der Waals surface area (Å²) in [6.07, 6.45) is 4.07. The van der Waals surface area contributed by atoms with Crippen LogP contribution in [0, 0.1) is 0 Å². The van der Waals surface area contributed by atoms with E-state index in [4.69, 9.17) is 4.74 Å². The van der Waals surface area contributed by atoms with Gasteiger partial charge in [-0.2, -0.15) is 4.31 Å².